The van der Waals surface area contributed by atoms with Crippen LogP contribution in [0.1, 0.15) is 32.0 Å². The van der Waals surface area contributed by atoms with Gasteiger partial charge in [-0.25, -0.2) is 4.39 Å². The molecule has 7 nitrogen and oxygen atoms in total. The molecule has 1 aliphatic rings. The van der Waals surface area contributed by atoms with Gasteiger partial charge in [-0.1, -0.05) is 12.1 Å². The maximum absolute atomic E-state index is 13.1. The van der Waals surface area contributed by atoms with E-state index in [-0.39, 0.29) is 23.6 Å². The van der Waals surface area contributed by atoms with Gasteiger partial charge in [0.05, 0.1) is 5.56 Å². The molecule has 1 aromatic carbocycles. The van der Waals surface area contributed by atoms with Crippen molar-refractivity contribution in [2.75, 3.05) is 20.6 Å². The fraction of sp³-hybridized carbons (Fsp3) is 0.316. The van der Waals surface area contributed by atoms with Crippen molar-refractivity contribution in [2.45, 2.75) is 13.0 Å². The van der Waals surface area contributed by atoms with Crippen LogP contribution in [0.25, 0.3) is 0 Å². The van der Waals surface area contributed by atoms with Crippen LogP contribution in [-0.2, 0) is 20.0 Å². The summed E-state index contributed by atoms with van der Waals surface area (Å²) < 4.78 is 14.2. The van der Waals surface area contributed by atoms with E-state index in [1.54, 1.807) is 26.2 Å². The van der Waals surface area contributed by atoms with Crippen LogP contribution in [0.5, 0.6) is 5.75 Å². The first kappa shape index (κ1) is 18.6. The molecule has 3 rings (SSSR count). The topological polar surface area (TPSA) is 82.9 Å². The smallest absolute Gasteiger partial charge is 0.293 e. The van der Waals surface area contributed by atoms with E-state index >= 15 is 0 Å². The third-order valence-electron chi connectivity index (χ3n) is 4.70. The number of halogens is 1. The first-order valence-corrected chi connectivity index (χ1v) is 8.42. The van der Waals surface area contributed by atoms with Gasteiger partial charge in [0.2, 0.25) is 0 Å². The zero-order chi connectivity index (χ0) is 19.9. The van der Waals surface area contributed by atoms with Crippen molar-refractivity contribution in [1.29, 1.82) is 0 Å². The number of aromatic hydroxyl groups is 1. The van der Waals surface area contributed by atoms with Crippen LogP contribution in [0, 0.1) is 5.82 Å². The Kier molecular flexibility index (Phi) is 4.73. The SMILES string of the molecule is CN(C)C(=O)c1c2c(c(O)c(=O)n1C)C(=O)N(Cc1ccc(F)cc1)CC2. The quantitative estimate of drug-likeness (QED) is 0.874. The minimum Gasteiger partial charge on any atom is -0.502 e. The number of pyridine rings is 1. The van der Waals surface area contributed by atoms with Gasteiger partial charge in [-0.15, -0.1) is 0 Å². The number of hydrogen-bond acceptors (Lipinski definition) is 4. The molecular formula is C19H20FN3O4. The lowest BCUT2D eigenvalue weighted by atomic mass is 9.95. The molecule has 0 unspecified atom stereocenters. The zero-order valence-corrected chi connectivity index (χ0v) is 15.3. The van der Waals surface area contributed by atoms with Crippen LogP contribution < -0.4 is 5.56 Å². The average Bonchev–Trinajstić information content (AvgIpc) is 2.63. The minimum absolute atomic E-state index is 0.104. The third kappa shape index (κ3) is 3.18. The van der Waals surface area contributed by atoms with Crippen molar-refractivity contribution in [3.8, 4) is 5.75 Å². The van der Waals surface area contributed by atoms with E-state index in [0.29, 0.717) is 18.5 Å². The van der Waals surface area contributed by atoms with Gasteiger partial charge in [0, 0.05) is 39.8 Å². The Morgan fingerprint density at radius 1 is 1.22 bits per heavy atom. The second-order valence-electron chi connectivity index (χ2n) is 6.72. The monoisotopic (exact) mass is 373 g/mol. The average molecular weight is 373 g/mol. The summed E-state index contributed by atoms with van der Waals surface area (Å²) in [6, 6.07) is 5.75. The molecule has 1 aliphatic heterocycles. The summed E-state index contributed by atoms with van der Waals surface area (Å²) in [5, 5.41) is 10.3. The lowest BCUT2D eigenvalue weighted by Gasteiger charge is -2.31. The lowest BCUT2D eigenvalue weighted by molar-refractivity contribution is 0.0720. The molecule has 0 fully saturated rings. The van der Waals surface area contributed by atoms with Gasteiger partial charge in [0.1, 0.15) is 11.5 Å². The Bertz CT molecular complexity index is 980. The highest BCUT2D eigenvalue weighted by Crippen LogP contribution is 2.28. The molecule has 0 radical (unpaired) electrons. The predicted octanol–water partition coefficient (Wildman–Crippen LogP) is 1.13. The summed E-state index contributed by atoms with van der Waals surface area (Å²) in [6.45, 7) is 0.527. The highest BCUT2D eigenvalue weighted by molar-refractivity contribution is 6.03. The molecular weight excluding hydrogens is 353 g/mol. The highest BCUT2D eigenvalue weighted by Gasteiger charge is 2.34. The van der Waals surface area contributed by atoms with Crippen molar-refractivity contribution in [1.82, 2.24) is 14.4 Å². The number of carbonyl (C=O) groups excluding carboxylic acids is 2. The fourth-order valence-electron chi connectivity index (χ4n) is 3.26. The summed E-state index contributed by atoms with van der Waals surface area (Å²) in [7, 11) is 4.50. The van der Waals surface area contributed by atoms with E-state index < -0.39 is 23.1 Å². The number of aromatic nitrogens is 1. The molecule has 1 aromatic heterocycles. The van der Waals surface area contributed by atoms with Gasteiger partial charge in [-0.05, 0) is 24.1 Å². The minimum atomic E-state index is -0.795. The standard InChI is InChI=1S/C19H20FN3O4/c1-21(2)18(26)15-13-8-9-23(10-11-4-6-12(20)7-5-11)17(25)14(13)16(24)19(27)22(15)3/h4-7,24H,8-10H2,1-3H3. The summed E-state index contributed by atoms with van der Waals surface area (Å²) >= 11 is 0. The van der Waals surface area contributed by atoms with Crippen molar-refractivity contribution in [3.63, 3.8) is 0 Å². The molecule has 0 spiro atoms. The fourth-order valence-corrected chi connectivity index (χ4v) is 3.26. The van der Waals surface area contributed by atoms with E-state index in [1.807, 2.05) is 0 Å². The van der Waals surface area contributed by atoms with E-state index in [9.17, 15) is 23.9 Å². The van der Waals surface area contributed by atoms with Gasteiger partial charge in [-0.2, -0.15) is 0 Å². The number of carbonyl (C=O) groups is 2. The van der Waals surface area contributed by atoms with Gasteiger partial charge in [-0.3, -0.25) is 14.4 Å². The van der Waals surface area contributed by atoms with Crippen LogP contribution in [0.15, 0.2) is 29.1 Å². The number of hydrogen-bond donors (Lipinski definition) is 1. The normalized spacial score (nSPS) is 13.5. The number of amides is 2. The summed E-state index contributed by atoms with van der Waals surface area (Å²) in [6.07, 6.45) is 0.318. The number of nitrogens with zero attached hydrogens (tertiary/aromatic N) is 3. The van der Waals surface area contributed by atoms with Crippen LogP contribution in [-0.4, -0.2) is 51.9 Å². The molecule has 142 valence electrons. The first-order chi connectivity index (χ1) is 12.7. The van der Waals surface area contributed by atoms with Crippen molar-refractivity contribution in [2.24, 2.45) is 7.05 Å². The summed E-state index contributed by atoms with van der Waals surface area (Å²) in [5.41, 5.74) is 0.273. The van der Waals surface area contributed by atoms with Gasteiger partial charge < -0.3 is 19.5 Å². The molecule has 0 bridgehead atoms. The maximum atomic E-state index is 13.1. The van der Waals surface area contributed by atoms with Crippen molar-refractivity contribution < 1.29 is 19.1 Å². The maximum Gasteiger partial charge on any atom is 0.293 e. The molecule has 2 aromatic rings. The molecule has 1 N–H and O–H groups in total. The van der Waals surface area contributed by atoms with E-state index in [0.717, 1.165) is 10.1 Å². The van der Waals surface area contributed by atoms with Crippen LogP contribution in [0.2, 0.25) is 0 Å². The lowest BCUT2D eigenvalue weighted by Crippen LogP contribution is -2.42. The van der Waals surface area contributed by atoms with Crippen LogP contribution >= 0.6 is 0 Å². The third-order valence-corrected chi connectivity index (χ3v) is 4.70. The van der Waals surface area contributed by atoms with E-state index in [1.165, 1.54) is 29.0 Å². The van der Waals surface area contributed by atoms with Crippen molar-refractivity contribution in [3.05, 3.63) is 62.8 Å². The van der Waals surface area contributed by atoms with Gasteiger partial charge in [0.25, 0.3) is 17.4 Å². The molecule has 8 heteroatoms. The van der Waals surface area contributed by atoms with Crippen LogP contribution in [0.4, 0.5) is 4.39 Å². The Morgan fingerprint density at radius 2 is 1.85 bits per heavy atom. The zero-order valence-electron chi connectivity index (χ0n) is 15.3. The molecule has 27 heavy (non-hydrogen) atoms. The first-order valence-electron chi connectivity index (χ1n) is 8.42. The predicted molar refractivity (Wildman–Crippen MR) is 96.2 cm³/mol. The molecule has 0 saturated heterocycles. The molecule has 0 saturated carbocycles. The Labute approximate surface area is 155 Å². The molecule has 2 heterocycles. The largest absolute Gasteiger partial charge is 0.502 e. The van der Waals surface area contributed by atoms with Crippen LogP contribution in [0.3, 0.4) is 0 Å². The number of benzene rings is 1. The van der Waals surface area contributed by atoms with Crippen molar-refractivity contribution >= 4 is 11.8 Å². The van der Waals surface area contributed by atoms with Gasteiger partial charge in [0.15, 0.2) is 5.75 Å². The summed E-state index contributed by atoms with van der Waals surface area (Å²) in [5.74, 6) is -1.96. The second-order valence-corrected chi connectivity index (χ2v) is 6.72. The Morgan fingerprint density at radius 3 is 2.44 bits per heavy atom. The van der Waals surface area contributed by atoms with E-state index in [4.69, 9.17) is 0 Å². The second kappa shape index (κ2) is 6.86. The van der Waals surface area contributed by atoms with E-state index in [2.05, 4.69) is 0 Å². The Hall–Kier alpha value is -3.16. The number of fused-ring (bicyclic) bond motifs is 1. The van der Waals surface area contributed by atoms with Gasteiger partial charge >= 0.3 is 0 Å². The molecule has 0 aliphatic carbocycles. The summed E-state index contributed by atoms with van der Waals surface area (Å²) in [4.78, 5) is 40.6. The number of rotatable bonds is 3. The Balaban J connectivity index is 2.06. The highest BCUT2D eigenvalue weighted by atomic mass is 19.1. The molecule has 2 amide bonds. The molecule has 0 atom stereocenters.